The number of methoxy groups -OCH3 is 2. The van der Waals surface area contributed by atoms with Crippen LogP contribution in [-0.2, 0) is 9.53 Å². The zero-order valence-electron chi connectivity index (χ0n) is 20.9. The second-order valence-electron chi connectivity index (χ2n) is 9.35. The summed E-state index contributed by atoms with van der Waals surface area (Å²) in [6.45, 7) is 5.96. The van der Waals surface area contributed by atoms with Crippen molar-refractivity contribution >= 4 is 17.6 Å². The van der Waals surface area contributed by atoms with Crippen molar-refractivity contribution in [1.82, 2.24) is 15.2 Å². The lowest BCUT2D eigenvalue weighted by Crippen LogP contribution is -2.52. The first kappa shape index (κ1) is 26.2. The minimum Gasteiger partial charge on any atom is -0.496 e. The normalized spacial score (nSPS) is 15.5. The van der Waals surface area contributed by atoms with Gasteiger partial charge in [0.15, 0.2) is 0 Å². The predicted molar refractivity (Wildman–Crippen MR) is 132 cm³/mol. The van der Waals surface area contributed by atoms with Crippen molar-refractivity contribution in [2.45, 2.75) is 38.8 Å². The molecule has 1 aliphatic rings. The summed E-state index contributed by atoms with van der Waals surface area (Å²) in [6, 6.07) is 12.7. The lowest BCUT2D eigenvalue weighted by Gasteiger charge is -2.30. The van der Waals surface area contributed by atoms with Crippen molar-refractivity contribution in [3.05, 3.63) is 65.5 Å². The highest BCUT2D eigenvalue weighted by molar-refractivity contribution is 6.03. The molecule has 1 N–H and O–H groups in total. The van der Waals surface area contributed by atoms with Crippen LogP contribution in [0.2, 0.25) is 0 Å². The number of hydrazone groups is 1. The Hall–Kier alpha value is -3.46. The monoisotopic (exact) mass is 484 g/mol. The van der Waals surface area contributed by atoms with E-state index in [0.717, 1.165) is 11.1 Å². The van der Waals surface area contributed by atoms with Crippen LogP contribution < -0.4 is 10.1 Å². The fourth-order valence-electron chi connectivity index (χ4n) is 3.83. The summed E-state index contributed by atoms with van der Waals surface area (Å²) in [5.74, 6) is -0.0639. The summed E-state index contributed by atoms with van der Waals surface area (Å²) in [5, 5.41) is 8.92. The van der Waals surface area contributed by atoms with E-state index < -0.39 is 11.6 Å². The van der Waals surface area contributed by atoms with Gasteiger partial charge in [0.2, 0.25) is 0 Å². The van der Waals surface area contributed by atoms with E-state index in [0.29, 0.717) is 17.9 Å². The molecule has 3 amide bonds. The number of nitrogens with zero attached hydrogens (tertiary/aromatic N) is 3. The fraction of sp³-hybridized carbons (Fsp3) is 0.423. The molecule has 2 aromatic rings. The van der Waals surface area contributed by atoms with E-state index >= 15 is 0 Å². The summed E-state index contributed by atoms with van der Waals surface area (Å²) in [7, 11) is 3.12. The molecular weight excluding hydrogens is 451 g/mol. The third-order valence-corrected chi connectivity index (χ3v) is 5.50. The van der Waals surface area contributed by atoms with Gasteiger partial charge in [-0.1, -0.05) is 30.3 Å². The number of urea groups is 1. The van der Waals surface area contributed by atoms with Crippen molar-refractivity contribution in [3.63, 3.8) is 0 Å². The molecule has 0 unspecified atom stereocenters. The number of amides is 3. The summed E-state index contributed by atoms with van der Waals surface area (Å²) in [4.78, 5) is 27.9. The molecule has 2 aromatic carbocycles. The van der Waals surface area contributed by atoms with Crippen molar-refractivity contribution in [1.29, 1.82) is 0 Å². The molecule has 9 heteroatoms. The maximum absolute atomic E-state index is 13.6. The highest BCUT2D eigenvalue weighted by Crippen LogP contribution is 2.37. The molecule has 188 valence electrons. The number of benzene rings is 2. The smallest absolute Gasteiger partial charge is 0.318 e. The van der Waals surface area contributed by atoms with E-state index in [1.54, 1.807) is 26.4 Å². The van der Waals surface area contributed by atoms with Crippen LogP contribution >= 0.6 is 0 Å². The number of ether oxygens (including phenoxy) is 2. The third kappa shape index (κ3) is 6.79. The molecule has 0 radical (unpaired) electrons. The SMILES string of the molecule is COCCN(CC(=O)N1N=C(c2ccc(F)cc2)C[C@H]1c1ccccc1OC)C(=O)NC(C)(C)C. The summed E-state index contributed by atoms with van der Waals surface area (Å²) in [5.41, 5.74) is 1.71. The Morgan fingerprint density at radius 3 is 2.46 bits per heavy atom. The summed E-state index contributed by atoms with van der Waals surface area (Å²) in [6.07, 6.45) is 0.421. The van der Waals surface area contributed by atoms with Gasteiger partial charge >= 0.3 is 6.03 Å². The van der Waals surface area contributed by atoms with Gasteiger partial charge in [-0.15, -0.1) is 0 Å². The lowest BCUT2D eigenvalue weighted by atomic mass is 9.97. The van der Waals surface area contributed by atoms with Crippen molar-refractivity contribution in [3.8, 4) is 5.75 Å². The second kappa shape index (κ2) is 11.3. The van der Waals surface area contributed by atoms with Crippen molar-refractivity contribution in [2.24, 2.45) is 5.10 Å². The topological polar surface area (TPSA) is 83.5 Å². The number of carbonyl (C=O) groups excluding carboxylic acids is 2. The Kier molecular flexibility index (Phi) is 8.45. The van der Waals surface area contributed by atoms with Crippen molar-refractivity contribution < 1.29 is 23.5 Å². The van der Waals surface area contributed by atoms with E-state index in [4.69, 9.17) is 9.47 Å². The molecule has 0 aromatic heterocycles. The van der Waals surface area contributed by atoms with Gasteiger partial charge in [-0.2, -0.15) is 5.10 Å². The molecular formula is C26H33FN4O4. The molecule has 0 fully saturated rings. The Bertz CT molecular complexity index is 1070. The van der Waals surface area contributed by atoms with Crippen molar-refractivity contribution in [2.75, 3.05) is 33.9 Å². The molecule has 8 nitrogen and oxygen atoms in total. The van der Waals surface area contributed by atoms with E-state index in [2.05, 4.69) is 10.4 Å². The van der Waals surface area contributed by atoms with Crippen LogP contribution in [0.25, 0.3) is 0 Å². The lowest BCUT2D eigenvalue weighted by molar-refractivity contribution is -0.133. The number of halogens is 1. The van der Waals surface area contributed by atoms with E-state index in [-0.39, 0.29) is 37.5 Å². The highest BCUT2D eigenvalue weighted by atomic mass is 19.1. The molecule has 1 aliphatic heterocycles. The number of carbonyl (C=O) groups is 2. The standard InChI is InChI=1S/C26H33FN4O4/c1-26(2,3)28-25(33)30(14-15-34-4)17-24(32)31-22(20-8-6-7-9-23(20)35-5)16-21(29-31)18-10-12-19(27)13-11-18/h6-13,22H,14-17H2,1-5H3,(H,28,33)/t22-/m0/s1. The third-order valence-electron chi connectivity index (χ3n) is 5.50. The van der Waals surface area contributed by atoms with Gasteiger partial charge in [-0.25, -0.2) is 14.2 Å². The predicted octanol–water partition coefficient (Wildman–Crippen LogP) is 3.97. The molecule has 0 saturated heterocycles. The minimum atomic E-state index is -0.465. The van der Waals surface area contributed by atoms with Gasteiger partial charge in [0.25, 0.3) is 5.91 Å². The van der Waals surface area contributed by atoms with Gasteiger partial charge < -0.3 is 19.7 Å². The minimum absolute atomic E-state index is 0.183. The van der Waals surface area contributed by atoms with Gasteiger partial charge in [-0.05, 0) is 44.5 Å². The molecule has 1 atom stereocenters. The molecule has 0 saturated carbocycles. The molecule has 35 heavy (non-hydrogen) atoms. The van der Waals surface area contributed by atoms with Crippen LogP contribution in [0.15, 0.2) is 53.6 Å². The van der Waals surface area contributed by atoms with Crippen LogP contribution in [0, 0.1) is 5.82 Å². The van der Waals surface area contributed by atoms with Crippen LogP contribution in [0.1, 0.15) is 44.4 Å². The first-order valence-electron chi connectivity index (χ1n) is 11.5. The zero-order chi connectivity index (χ0) is 25.6. The van der Waals surface area contributed by atoms with Crippen LogP contribution in [0.5, 0.6) is 5.75 Å². The van der Waals surface area contributed by atoms with Crippen LogP contribution in [-0.4, -0.2) is 67.0 Å². The average Bonchev–Trinajstić information content (AvgIpc) is 3.26. The van der Waals surface area contributed by atoms with Gasteiger partial charge in [0.1, 0.15) is 18.1 Å². The van der Waals surface area contributed by atoms with E-state index in [1.807, 2.05) is 45.0 Å². The van der Waals surface area contributed by atoms with Gasteiger partial charge in [0.05, 0.1) is 25.5 Å². The highest BCUT2D eigenvalue weighted by Gasteiger charge is 2.36. The quantitative estimate of drug-likeness (QED) is 0.615. The maximum Gasteiger partial charge on any atom is 0.318 e. The molecule has 0 aliphatic carbocycles. The van der Waals surface area contributed by atoms with Gasteiger partial charge in [-0.3, -0.25) is 4.79 Å². The first-order chi connectivity index (χ1) is 16.6. The van der Waals surface area contributed by atoms with Crippen LogP contribution in [0.4, 0.5) is 9.18 Å². The Morgan fingerprint density at radius 1 is 1.14 bits per heavy atom. The number of para-hydroxylation sites is 1. The number of rotatable bonds is 8. The average molecular weight is 485 g/mol. The molecule has 0 spiro atoms. The summed E-state index contributed by atoms with van der Waals surface area (Å²) >= 11 is 0. The Labute approximate surface area is 205 Å². The number of hydrogen-bond donors (Lipinski definition) is 1. The molecule has 1 heterocycles. The first-order valence-corrected chi connectivity index (χ1v) is 11.5. The summed E-state index contributed by atoms with van der Waals surface area (Å²) < 4.78 is 24.2. The Morgan fingerprint density at radius 2 is 1.83 bits per heavy atom. The van der Waals surface area contributed by atoms with Gasteiger partial charge in [0, 0.05) is 31.2 Å². The largest absolute Gasteiger partial charge is 0.496 e. The molecule has 0 bridgehead atoms. The molecule has 3 rings (SSSR count). The Balaban J connectivity index is 1.92. The number of hydrogen-bond acceptors (Lipinski definition) is 5. The second-order valence-corrected chi connectivity index (χ2v) is 9.35. The number of nitrogens with one attached hydrogen (secondary N) is 1. The van der Waals surface area contributed by atoms with E-state index in [1.165, 1.54) is 22.0 Å². The fourth-order valence-corrected chi connectivity index (χ4v) is 3.83. The zero-order valence-corrected chi connectivity index (χ0v) is 20.9. The maximum atomic E-state index is 13.6. The van der Waals surface area contributed by atoms with E-state index in [9.17, 15) is 14.0 Å². The van der Waals surface area contributed by atoms with Crippen LogP contribution in [0.3, 0.4) is 0 Å².